The molecule has 1 aliphatic heterocycles. The summed E-state index contributed by atoms with van der Waals surface area (Å²) in [6.45, 7) is 0.604. The lowest BCUT2D eigenvalue weighted by molar-refractivity contribution is 0.0939. The highest BCUT2D eigenvalue weighted by molar-refractivity contribution is 5.51. The molecule has 0 spiro atoms. The van der Waals surface area contributed by atoms with Gasteiger partial charge in [-0.15, -0.1) is 0 Å². The molecule has 18 heavy (non-hydrogen) atoms. The molecule has 0 radical (unpaired) electrons. The Morgan fingerprint density at radius 1 is 1.17 bits per heavy atom. The number of halogens is 1. The van der Waals surface area contributed by atoms with Crippen LogP contribution in [0.1, 0.15) is 22.8 Å². The number of anilines is 1. The molecule has 0 fully saturated rings. The van der Waals surface area contributed by atoms with Crippen molar-refractivity contribution in [3.05, 3.63) is 65.0 Å². The lowest BCUT2D eigenvalue weighted by atomic mass is 9.99. The molecule has 0 saturated carbocycles. The molecule has 1 unspecified atom stereocenters. The van der Waals surface area contributed by atoms with Gasteiger partial charge < -0.3 is 10.1 Å². The van der Waals surface area contributed by atoms with Crippen LogP contribution in [0.25, 0.3) is 0 Å². The van der Waals surface area contributed by atoms with Gasteiger partial charge in [-0.2, -0.15) is 0 Å². The van der Waals surface area contributed by atoms with Gasteiger partial charge in [0.15, 0.2) is 0 Å². The van der Waals surface area contributed by atoms with Crippen molar-refractivity contribution in [2.45, 2.75) is 12.7 Å². The monoisotopic (exact) mass is 243 g/mol. The summed E-state index contributed by atoms with van der Waals surface area (Å²) in [6.07, 6.45) is -0.0773. The van der Waals surface area contributed by atoms with E-state index in [4.69, 9.17) is 4.74 Å². The minimum Gasteiger partial charge on any atom is -0.388 e. The maximum atomic E-state index is 12.9. The van der Waals surface area contributed by atoms with Crippen LogP contribution in [0.2, 0.25) is 0 Å². The van der Waals surface area contributed by atoms with Crippen molar-refractivity contribution < 1.29 is 9.13 Å². The molecule has 3 heteroatoms. The molecular weight excluding hydrogens is 229 g/mol. The molecule has 1 N–H and O–H groups in total. The van der Waals surface area contributed by atoms with Crippen molar-refractivity contribution in [1.82, 2.24) is 0 Å². The summed E-state index contributed by atoms with van der Waals surface area (Å²) in [5, 5.41) is 3.11. The topological polar surface area (TPSA) is 21.3 Å². The fraction of sp³-hybridized carbons (Fsp3) is 0.200. The van der Waals surface area contributed by atoms with Crippen LogP contribution in [0, 0.1) is 5.82 Å². The molecule has 0 aromatic heterocycles. The third-order valence-corrected chi connectivity index (χ3v) is 3.29. The summed E-state index contributed by atoms with van der Waals surface area (Å²) in [5.41, 5.74) is 4.43. The lowest BCUT2D eigenvalue weighted by Gasteiger charge is -2.11. The highest BCUT2D eigenvalue weighted by atomic mass is 19.1. The summed E-state index contributed by atoms with van der Waals surface area (Å²) >= 11 is 0. The summed E-state index contributed by atoms with van der Waals surface area (Å²) in [5.74, 6) is -0.220. The van der Waals surface area contributed by atoms with Crippen molar-refractivity contribution in [1.29, 1.82) is 0 Å². The lowest BCUT2D eigenvalue weighted by Crippen LogP contribution is -1.98. The summed E-state index contributed by atoms with van der Waals surface area (Å²) < 4.78 is 18.7. The second kappa shape index (κ2) is 4.42. The van der Waals surface area contributed by atoms with E-state index in [1.165, 1.54) is 23.3 Å². The Labute approximate surface area is 105 Å². The SMILES string of the molecule is CNc1ccc2c(c1)COC2c1ccc(F)cc1. The molecule has 0 aliphatic carbocycles. The third-order valence-electron chi connectivity index (χ3n) is 3.29. The van der Waals surface area contributed by atoms with Crippen LogP contribution in [0.4, 0.5) is 10.1 Å². The number of hydrogen-bond acceptors (Lipinski definition) is 2. The standard InChI is InChI=1S/C15H14FNO/c1-17-13-6-7-14-11(8-13)9-18-15(14)10-2-4-12(16)5-3-10/h2-8,15,17H,9H2,1H3. The summed E-state index contributed by atoms with van der Waals surface area (Å²) in [6, 6.07) is 12.7. The minimum atomic E-state index is -0.220. The van der Waals surface area contributed by atoms with Gasteiger partial charge >= 0.3 is 0 Å². The highest BCUT2D eigenvalue weighted by Crippen LogP contribution is 2.36. The van der Waals surface area contributed by atoms with Gasteiger partial charge in [-0.3, -0.25) is 0 Å². The van der Waals surface area contributed by atoms with E-state index in [0.29, 0.717) is 6.61 Å². The number of ether oxygens (including phenoxy) is 1. The van der Waals surface area contributed by atoms with Gasteiger partial charge in [0.2, 0.25) is 0 Å². The predicted octanol–water partition coefficient (Wildman–Crippen LogP) is 3.49. The Balaban J connectivity index is 1.97. The van der Waals surface area contributed by atoms with E-state index in [1.54, 1.807) is 12.1 Å². The summed E-state index contributed by atoms with van der Waals surface area (Å²) in [4.78, 5) is 0. The Bertz CT molecular complexity index is 565. The molecule has 0 saturated heterocycles. The van der Waals surface area contributed by atoms with E-state index < -0.39 is 0 Å². The van der Waals surface area contributed by atoms with Gasteiger partial charge in [-0.25, -0.2) is 4.39 Å². The van der Waals surface area contributed by atoms with Crippen LogP contribution in [0.3, 0.4) is 0 Å². The van der Waals surface area contributed by atoms with Gasteiger partial charge in [-0.05, 0) is 41.0 Å². The quantitative estimate of drug-likeness (QED) is 0.871. The maximum absolute atomic E-state index is 12.9. The predicted molar refractivity (Wildman–Crippen MR) is 69.0 cm³/mol. The Hall–Kier alpha value is -1.87. The molecule has 92 valence electrons. The average Bonchev–Trinajstić information content (AvgIpc) is 2.82. The molecule has 2 aromatic rings. The first-order chi connectivity index (χ1) is 8.78. The van der Waals surface area contributed by atoms with Crippen LogP contribution in [0.5, 0.6) is 0 Å². The van der Waals surface area contributed by atoms with Crippen molar-refractivity contribution >= 4 is 5.69 Å². The van der Waals surface area contributed by atoms with E-state index >= 15 is 0 Å². The Kier molecular flexibility index (Phi) is 2.76. The van der Waals surface area contributed by atoms with Crippen LogP contribution in [-0.4, -0.2) is 7.05 Å². The number of benzene rings is 2. The number of rotatable bonds is 2. The maximum Gasteiger partial charge on any atom is 0.123 e. The van der Waals surface area contributed by atoms with Gasteiger partial charge in [0.1, 0.15) is 11.9 Å². The first-order valence-corrected chi connectivity index (χ1v) is 5.95. The van der Waals surface area contributed by atoms with Gasteiger partial charge in [0.25, 0.3) is 0 Å². The minimum absolute atomic E-state index is 0.0773. The average molecular weight is 243 g/mol. The second-order valence-corrected chi connectivity index (χ2v) is 4.41. The van der Waals surface area contributed by atoms with Crippen molar-refractivity contribution in [3.63, 3.8) is 0 Å². The van der Waals surface area contributed by atoms with Gasteiger partial charge in [0, 0.05) is 12.7 Å². The molecule has 2 aromatic carbocycles. The molecule has 1 heterocycles. The van der Waals surface area contributed by atoms with E-state index in [-0.39, 0.29) is 11.9 Å². The molecule has 0 bridgehead atoms. The van der Waals surface area contributed by atoms with Crippen molar-refractivity contribution in [2.24, 2.45) is 0 Å². The van der Waals surface area contributed by atoms with Crippen molar-refractivity contribution in [3.8, 4) is 0 Å². The molecule has 0 amide bonds. The second-order valence-electron chi connectivity index (χ2n) is 4.41. The number of hydrogen-bond donors (Lipinski definition) is 1. The van der Waals surface area contributed by atoms with E-state index in [2.05, 4.69) is 17.4 Å². The molecule has 1 atom stereocenters. The van der Waals surface area contributed by atoms with Crippen LogP contribution in [-0.2, 0) is 11.3 Å². The molecule has 3 rings (SSSR count). The van der Waals surface area contributed by atoms with E-state index in [0.717, 1.165) is 11.3 Å². The first kappa shape index (κ1) is 11.2. The smallest absolute Gasteiger partial charge is 0.123 e. The molecular formula is C15H14FNO. The summed E-state index contributed by atoms with van der Waals surface area (Å²) in [7, 11) is 1.90. The van der Waals surface area contributed by atoms with Gasteiger partial charge in [-0.1, -0.05) is 18.2 Å². The first-order valence-electron chi connectivity index (χ1n) is 5.95. The highest BCUT2D eigenvalue weighted by Gasteiger charge is 2.24. The molecule has 1 aliphatic rings. The number of fused-ring (bicyclic) bond motifs is 1. The van der Waals surface area contributed by atoms with E-state index in [9.17, 15) is 4.39 Å². The fourth-order valence-electron chi connectivity index (χ4n) is 2.32. The Morgan fingerprint density at radius 2 is 1.94 bits per heavy atom. The third kappa shape index (κ3) is 1.87. The van der Waals surface area contributed by atoms with Crippen molar-refractivity contribution in [2.75, 3.05) is 12.4 Å². The van der Waals surface area contributed by atoms with E-state index in [1.807, 2.05) is 13.1 Å². The van der Waals surface area contributed by atoms with Crippen LogP contribution in [0.15, 0.2) is 42.5 Å². The largest absolute Gasteiger partial charge is 0.388 e. The Morgan fingerprint density at radius 3 is 2.67 bits per heavy atom. The zero-order valence-corrected chi connectivity index (χ0v) is 10.1. The zero-order valence-electron chi connectivity index (χ0n) is 10.1. The molecule has 2 nitrogen and oxygen atoms in total. The fourth-order valence-corrected chi connectivity index (χ4v) is 2.32. The van der Waals surface area contributed by atoms with Crippen LogP contribution < -0.4 is 5.32 Å². The number of nitrogens with one attached hydrogen (secondary N) is 1. The van der Waals surface area contributed by atoms with Crippen LogP contribution >= 0.6 is 0 Å². The van der Waals surface area contributed by atoms with Gasteiger partial charge in [0.05, 0.1) is 6.61 Å². The normalized spacial score (nSPS) is 17.6. The zero-order chi connectivity index (χ0) is 12.5.